The minimum Gasteiger partial charge on any atom is -0.449 e. The summed E-state index contributed by atoms with van der Waals surface area (Å²) >= 11 is 0. The maximum atomic E-state index is 10.3. The van der Waals surface area contributed by atoms with Crippen molar-refractivity contribution in [2.75, 3.05) is 6.61 Å². The van der Waals surface area contributed by atoms with E-state index in [0.717, 1.165) is 6.42 Å². The maximum Gasteiger partial charge on any atom is 0.404 e. The van der Waals surface area contributed by atoms with Crippen LogP contribution in [0.2, 0.25) is 0 Å². The molecule has 0 heterocycles. The lowest BCUT2D eigenvalue weighted by Crippen LogP contribution is -2.25. The summed E-state index contributed by atoms with van der Waals surface area (Å²) in [7, 11) is 0. The van der Waals surface area contributed by atoms with Crippen molar-refractivity contribution in [2.45, 2.75) is 13.3 Å². The molecule has 0 fully saturated rings. The van der Waals surface area contributed by atoms with Gasteiger partial charge < -0.3 is 10.5 Å². The molecule has 66 valence electrons. The fourth-order valence-electron chi connectivity index (χ4n) is 1.11. The molecule has 3 nitrogen and oxygen atoms in total. The van der Waals surface area contributed by atoms with E-state index in [-0.39, 0.29) is 5.41 Å². The molecule has 1 rings (SSSR count). The second-order valence-electron chi connectivity index (χ2n) is 3.25. The van der Waals surface area contributed by atoms with E-state index in [1.807, 2.05) is 31.2 Å². The van der Waals surface area contributed by atoms with Crippen LogP contribution in [-0.2, 0) is 4.74 Å². The van der Waals surface area contributed by atoms with E-state index in [9.17, 15) is 4.79 Å². The van der Waals surface area contributed by atoms with Crippen LogP contribution in [0.1, 0.15) is 13.3 Å². The van der Waals surface area contributed by atoms with Gasteiger partial charge in [0.1, 0.15) is 6.61 Å². The molecule has 0 saturated carbocycles. The van der Waals surface area contributed by atoms with Gasteiger partial charge in [0.15, 0.2) is 0 Å². The molecule has 0 aromatic heterocycles. The van der Waals surface area contributed by atoms with Crippen molar-refractivity contribution in [1.29, 1.82) is 0 Å². The lowest BCUT2D eigenvalue weighted by molar-refractivity contribution is 0.119. The summed E-state index contributed by atoms with van der Waals surface area (Å²) in [5.74, 6) is 0. The number of carbonyl (C=O) groups excluding carboxylic acids is 1. The Hall–Kier alpha value is -1.25. The topological polar surface area (TPSA) is 52.3 Å². The summed E-state index contributed by atoms with van der Waals surface area (Å²) in [4.78, 5) is 10.3. The standard InChI is InChI=1S/C9H13NO2/c1-9(7-12-8(10)11)5-3-2-4-6-9/h2-5H,6-7H2,1H3,(H2,10,11). The average molecular weight is 167 g/mol. The smallest absolute Gasteiger partial charge is 0.404 e. The number of rotatable bonds is 2. The molecule has 0 bridgehead atoms. The molecule has 0 aromatic rings. The molecule has 1 atom stereocenters. The first kappa shape index (κ1) is 8.84. The van der Waals surface area contributed by atoms with Crippen LogP contribution in [0, 0.1) is 5.41 Å². The number of primary amides is 1. The first-order valence-corrected chi connectivity index (χ1v) is 3.89. The molecule has 1 aliphatic carbocycles. The SMILES string of the molecule is CC1(COC(N)=O)C=CC=CC1. The summed E-state index contributed by atoms with van der Waals surface area (Å²) in [5, 5.41) is 0. The molecule has 1 aliphatic rings. The fourth-order valence-corrected chi connectivity index (χ4v) is 1.11. The Labute approximate surface area is 71.9 Å². The molecule has 0 spiro atoms. The maximum absolute atomic E-state index is 10.3. The minimum atomic E-state index is -0.709. The number of hydrogen-bond donors (Lipinski definition) is 1. The highest BCUT2D eigenvalue weighted by Gasteiger charge is 2.22. The molecule has 1 amide bonds. The molecule has 1 unspecified atom stereocenters. The van der Waals surface area contributed by atoms with Crippen molar-refractivity contribution in [3.63, 3.8) is 0 Å². The van der Waals surface area contributed by atoms with Gasteiger partial charge in [-0.1, -0.05) is 31.2 Å². The van der Waals surface area contributed by atoms with Crippen LogP contribution in [0.5, 0.6) is 0 Å². The monoisotopic (exact) mass is 167 g/mol. The van der Waals surface area contributed by atoms with Gasteiger partial charge in [0.2, 0.25) is 0 Å². The number of ether oxygens (including phenoxy) is 1. The van der Waals surface area contributed by atoms with Gasteiger partial charge in [0, 0.05) is 5.41 Å². The fraction of sp³-hybridized carbons (Fsp3) is 0.444. The first-order valence-electron chi connectivity index (χ1n) is 3.89. The molecular weight excluding hydrogens is 154 g/mol. The van der Waals surface area contributed by atoms with Crippen molar-refractivity contribution in [1.82, 2.24) is 0 Å². The Morgan fingerprint density at radius 3 is 2.92 bits per heavy atom. The first-order chi connectivity index (χ1) is 5.62. The molecule has 2 N–H and O–H groups in total. The molecule has 3 heteroatoms. The van der Waals surface area contributed by atoms with Gasteiger partial charge >= 0.3 is 6.09 Å². The highest BCUT2D eigenvalue weighted by atomic mass is 16.5. The van der Waals surface area contributed by atoms with Gasteiger partial charge in [-0.2, -0.15) is 0 Å². The second-order valence-corrected chi connectivity index (χ2v) is 3.25. The van der Waals surface area contributed by atoms with Gasteiger partial charge in [0.25, 0.3) is 0 Å². The number of hydrogen-bond acceptors (Lipinski definition) is 2. The van der Waals surface area contributed by atoms with Crippen molar-refractivity contribution in [3.8, 4) is 0 Å². The Bertz CT molecular complexity index is 233. The van der Waals surface area contributed by atoms with E-state index in [1.165, 1.54) is 0 Å². The van der Waals surface area contributed by atoms with Crippen LogP contribution in [0.4, 0.5) is 4.79 Å². The number of carbonyl (C=O) groups is 1. The average Bonchev–Trinajstić information content (AvgIpc) is 2.03. The highest BCUT2D eigenvalue weighted by Crippen LogP contribution is 2.26. The summed E-state index contributed by atoms with van der Waals surface area (Å²) in [6, 6.07) is 0. The third-order valence-corrected chi connectivity index (χ3v) is 1.87. The van der Waals surface area contributed by atoms with Crippen LogP contribution in [0.15, 0.2) is 24.3 Å². The van der Waals surface area contributed by atoms with Gasteiger partial charge in [0.05, 0.1) is 0 Å². The number of nitrogens with two attached hydrogens (primary N) is 1. The predicted molar refractivity (Wildman–Crippen MR) is 46.5 cm³/mol. The summed E-state index contributed by atoms with van der Waals surface area (Å²) in [6.07, 6.45) is 8.18. The van der Waals surface area contributed by atoms with Crippen molar-refractivity contribution in [2.24, 2.45) is 11.1 Å². The summed E-state index contributed by atoms with van der Waals surface area (Å²) in [5.41, 5.74) is 4.79. The Morgan fingerprint density at radius 2 is 2.42 bits per heavy atom. The van der Waals surface area contributed by atoms with Crippen LogP contribution in [0.3, 0.4) is 0 Å². The minimum absolute atomic E-state index is 0.0796. The zero-order chi connectivity index (χ0) is 9.03. The molecule has 0 aliphatic heterocycles. The lowest BCUT2D eigenvalue weighted by atomic mass is 9.85. The van der Waals surface area contributed by atoms with E-state index < -0.39 is 6.09 Å². The molecular formula is C9H13NO2. The summed E-state index contributed by atoms with van der Waals surface area (Å²) < 4.78 is 4.74. The zero-order valence-corrected chi connectivity index (χ0v) is 7.12. The molecule has 0 radical (unpaired) electrons. The Morgan fingerprint density at radius 1 is 1.67 bits per heavy atom. The predicted octanol–water partition coefficient (Wildman–Crippen LogP) is 1.60. The second kappa shape index (κ2) is 3.43. The summed E-state index contributed by atoms with van der Waals surface area (Å²) in [6.45, 7) is 2.37. The van der Waals surface area contributed by atoms with Crippen molar-refractivity contribution >= 4 is 6.09 Å². The van der Waals surface area contributed by atoms with Crippen LogP contribution < -0.4 is 5.73 Å². The third-order valence-electron chi connectivity index (χ3n) is 1.87. The van der Waals surface area contributed by atoms with Crippen LogP contribution in [-0.4, -0.2) is 12.7 Å². The zero-order valence-electron chi connectivity index (χ0n) is 7.12. The number of amides is 1. The quantitative estimate of drug-likeness (QED) is 0.679. The Kier molecular flexibility index (Phi) is 2.53. The lowest BCUT2D eigenvalue weighted by Gasteiger charge is -2.25. The Balaban J connectivity index is 2.44. The van der Waals surface area contributed by atoms with E-state index in [1.54, 1.807) is 0 Å². The van der Waals surface area contributed by atoms with Gasteiger partial charge in [-0.3, -0.25) is 0 Å². The highest BCUT2D eigenvalue weighted by molar-refractivity contribution is 5.64. The van der Waals surface area contributed by atoms with Gasteiger partial charge in [-0.15, -0.1) is 0 Å². The van der Waals surface area contributed by atoms with Crippen molar-refractivity contribution in [3.05, 3.63) is 24.3 Å². The number of allylic oxidation sites excluding steroid dienone is 3. The van der Waals surface area contributed by atoms with Gasteiger partial charge in [-0.25, -0.2) is 4.79 Å². The normalized spacial score (nSPS) is 27.1. The van der Waals surface area contributed by atoms with E-state index in [2.05, 4.69) is 0 Å². The van der Waals surface area contributed by atoms with Gasteiger partial charge in [-0.05, 0) is 6.42 Å². The van der Waals surface area contributed by atoms with E-state index in [4.69, 9.17) is 10.5 Å². The van der Waals surface area contributed by atoms with Crippen molar-refractivity contribution < 1.29 is 9.53 Å². The van der Waals surface area contributed by atoms with Crippen LogP contribution in [0.25, 0.3) is 0 Å². The largest absolute Gasteiger partial charge is 0.449 e. The third kappa shape index (κ3) is 2.42. The van der Waals surface area contributed by atoms with E-state index >= 15 is 0 Å². The molecule has 0 saturated heterocycles. The molecule has 12 heavy (non-hydrogen) atoms. The van der Waals surface area contributed by atoms with E-state index in [0.29, 0.717) is 6.61 Å². The molecule has 0 aromatic carbocycles. The van der Waals surface area contributed by atoms with Crippen LogP contribution >= 0.6 is 0 Å².